The highest BCUT2D eigenvalue weighted by Crippen LogP contribution is 2.71. The lowest BCUT2D eigenvalue weighted by Gasteiger charge is -2.36. The Labute approximate surface area is 141 Å². The molecule has 0 nitrogen and oxygen atoms in total. The summed E-state index contributed by atoms with van der Waals surface area (Å²) in [6.45, 7) is 2.90. The van der Waals surface area contributed by atoms with Crippen molar-refractivity contribution in [3.8, 4) is 0 Å². The van der Waals surface area contributed by atoms with Gasteiger partial charge in [0.25, 0.3) is 5.67 Å². The van der Waals surface area contributed by atoms with Gasteiger partial charge in [-0.2, -0.15) is 35.1 Å². The summed E-state index contributed by atoms with van der Waals surface area (Å²) in [6, 6.07) is 0. The minimum absolute atomic E-state index is 0.0453. The number of rotatable bonds is 6. The zero-order valence-electron chi connectivity index (χ0n) is 12.3. The fourth-order valence-corrected chi connectivity index (χ4v) is 3.56. The second-order valence-corrected chi connectivity index (χ2v) is 8.75. The van der Waals surface area contributed by atoms with Gasteiger partial charge in [0.2, 0.25) is 0 Å². The Hall–Kier alpha value is 0.1000. The van der Waals surface area contributed by atoms with Gasteiger partial charge in [-0.1, -0.05) is 55.7 Å². The first kappa shape index (κ1) is 21.1. The third-order valence-corrected chi connectivity index (χ3v) is 5.01. The van der Waals surface area contributed by atoms with Crippen molar-refractivity contribution in [3.63, 3.8) is 0 Å². The van der Waals surface area contributed by atoms with Crippen LogP contribution < -0.4 is 0 Å². The van der Waals surface area contributed by atoms with Crippen LogP contribution in [0.15, 0.2) is 0 Å². The molecule has 0 saturated heterocycles. The fraction of sp³-hybridized carbons (Fsp3) is 1.00. The molecule has 1 rings (SSSR count). The standard InChI is InChI=1S/C13H16F9I/c1-3-4-5-6-8(2,23)7-9(14)10(15,16)12(19,20)13(21,22)11(9,17)18/h3-7H2,1-2H3. The molecule has 138 valence electrons. The van der Waals surface area contributed by atoms with Crippen LogP contribution in [-0.2, 0) is 0 Å². The summed E-state index contributed by atoms with van der Waals surface area (Å²) in [6.07, 6.45) is -0.241. The predicted octanol–water partition coefficient (Wildman–Crippen LogP) is 6.41. The van der Waals surface area contributed by atoms with Gasteiger partial charge in [0.05, 0.1) is 0 Å². The Morgan fingerprint density at radius 2 is 1.13 bits per heavy atom. The van der Waals surface area contributed by atoms with Gasteiger partial charge in [-0.3, -0.25) is 0 Å². The first-order valence-electron chi connectivity index (χ1n) is 6.91. The van der Waals surface area contributed by atoms with Crippen molar-refractivity contribution in [3.05, 3.63) is 0 Å². The van der Waals surface area contributed by atoms with E-state index in [9.17, 15) is 39.5 Å². The van der Waals surface area contributed by atoms with E-state index in [4.69, 9.17) is 0 Å². The van der Waals surface area contributed by atoms with Gasteiger partial charge >= 0.3 is 23.7 Å². The van der Waals surface area contributed by atoms with Gasteiger partial charge in [0.1, 0.15) is 0 Å². The van der Waals surface area contributed by atoms with Gasteiger partial charge in [-0.15, -0.1) is 0 Å². The molecule has 23 heavy (non-hydrogen) atoms. The molecule has 0 aromatic rings. The van der Waals surface area contributed by atoms with Crippen LogP contribution in [0.3, 0.4) is 0 Å². The van der Waals surface area contributed by atoms with Gasteiger partial charge < -0.3 is 0 Å². The summed E-state index contributed by atoms with van der Waals surface area (Å²) in [5, 5.41) is 0. The first-order chi connectivity index (χ1) is 10.0. The smallest absolute Gasteiger partial charge is 0.230 e. The van der Waals surface area contributed by atoms with Crippen LogP contribution in [0.1, 0.15) is 46.0 Å². The minimum Gasteiger partial charge on any atom is -0.230 e. The summed E-state index contributed by atoms with van der Waals surface area (Å²) in [7, 11) is 0. The first-order valence-corrected chi connectivity index (χ1v) is 7.99. The van der Waals surface area contributed by atoms with E-state index in [-0.39, 0.29) is 6.42 Å². The quantitative estimate of drug-likeness (QED) is 0.182. The molecule has 10 heteroatoms. The van der Waals surface area contributed by atoms with E-state index in [0.29, 0.717) is 19.3 Å². The monoisotopic (exact) mass is 470 g/mol. The molecule has 0 heterocycles. The molecule has 0 radical (unpaired) electrons. The van der Waals surface area contributed by atoms with Crippen LogP contribution >= 0.6 is 22.6 Å². The maximum atomic E-state index is 14.4. The van der Waals surface area contributed by atoms with Crippen LogP contribution in [-0.4, -0.2) is 32.8 Å². The van der Waals surface area contributed by atoms with Crippen molar-refractivity contribution in [1.82, 2.24) is 0 Å². The average molecular weight is 470 g/mol. The van der Waals surface area contributed by atoms with Crippen LogP contribution in [0, 0.1) is 0 Å². The maximum absolute atomic E-state index is 14.4. The highest BCUT2D eigenvalue weighted by molar-refractivity contribution is 14.1. The van der Waals surface area contributed by atoms with Gasteiger partial charge in [0, 0.05) is 9.84 Å². The van der Waals surface area contributed by atoms with Gasteiger partial charge in [-0.05, 0) is 6.42 Å². The van der Waals surface area contributed by atoms with E-state index >= 15 is 0 Å². The molecule has 1 fully saturated rings. The molecule has 1 unspecified atom stereocenters. The van der Waals surface area contributed by atoms with Crippen molar-refractivity contribution >= 4 is 22.6 Å². The SMILES string of the molecule is CCCCCC(C)(I)CC1(F)C(F)(F)C(F)(F)C(F)(F)C1(F)F. The lowest BCUT2D eigenvalue weighted by Crippen LogP contribution is -2.57. The van der Waals surface area contributed by atoms with Crippen molar-refractivity contribution in [1.29, 1.82) is 0 Å². The van der Waals surface area contributed by atoms with E-state index < -0.39 is 39.2 Å². The molecule has 0 N–H and O–H groups in total. The second-order valence-electron chi connectivity index (χ2n) is 6.15. The lowest BCUT2D eigenvalue weighted by atomic mass is 9.84. The molecule has 0 aromatic carbocycles. The van der Waals surface area contributed by atoms with E-state index in [1.165, 1.54) is 22.6 Å². The average Bonchev–Trinajstić information content (AvgIpc) is 2.40. The largest absolute Gasteiger partial charge is 0.381 e. The van der Waals surface area contributed by atoms with Crippen LogP contribution in [0.4, 0.5) is 39.5 Å². The van der Waals surface area contributed by atoms with Gasteiger partial charge in [0.15, 0.2) is 0 Å². The molecule has 0 aliphatic heterocycles. The van der Waals surface area contributed by atoms with Crippen molar-refractivity contribution in [2.45, 2.75) is 78.7 Å². The van der Waals surface area contributed by atoms with E-state index in [2.05, 4.69) is 0 Å². The predicted molar refractivity (Wildman–Crippen MR) is 74.8 cm³/mol. The maximum Gasteiger partial charge on any atom is 0.381 e. The Bertz CT molecular complexity index is 419. The molecule has 0 aromatic heterocycles. The van der Waals surface area contributed by atoms with Crippen LogP contribution in [0.2, 0.25) is 0 Å². The van der Waals surface area contributed by atoms with Gasteiger partial charge in [-0.25, -0.2) is 4.39 Å². The van der Waals surface area contributed by atoms with Crippen molar-refractivity contribution in [2.24, 2.45) is 0 Å². The zero-order valence-corrected chi connectivity index (χ0v) is 14.5. The summed E-state index contributed by atoms with van der Waals surface area (Å²) in [4.78, 5) is 0. The normalized spacial score (nSPS) is 29.2. The number of hydrogen-bond donors (Lipinski definition) is 0. The molecule has 0 spiro atoms. The number of alkyl halides is 10. The Morgan fingerprint density at radius 1 is 0.739 bits per heavy atom. The Kier molecular flexibility index (Phi) is 5.35. The molecule has 0 amide bonds. The van der Waals surface area contributed by atoms with Crippen molar-refractivity contribution in [2.75, 3.05) is 0 Å². The minimum atomic E-state index is -6.48. The number of hydrogen-bond acceptors (Lipinski definition) is 0. The third-order valence-electron chi connectivity index (χ3n) is 4.09. The second kappa shape index (κ2) is 5.82. The fourth-order valence-electron chi connectivity index (χ4n) is 2.65. The highest BCUT2D eigenvalue weighted by Gasteiger charge is 3.00. The molecule has 0 bridgehead atoms. The molecular formula is C13H16F9I. The van der Waals surface area contributed by atoms with E-state index in [0.717, 1.165) is 6.92 Å². The molecule has 1 aliphatic rings. The Balaban J connectivity index is 3.26. The summed E-state index contributed by atoms with van der Waals surface area (Å²) < 4.78 is 120. The third kappa shape index (κ3) is 2.74. The van der Waals surface area contributed by atoms with E-state index in [1.807, 2.05) is 0 Å². The van der Waals surface area contributed by atoms with Crippen molar-refractivity contribution < 1.29 is 39.5 Å². The highest BCUT2D eigenvalue weighted by atomic mass is 127. The lowest BCUT2D eigenvalue weighted by molar-refractivity contribution is -0.303. The molecule has 1 atom stereocenters. The Morgan fingerprint density at radius 3 is 1.48 bits per heavy atom. The molecular weight excluding hydrogens is 454 g/mol. The summed E-state index contributed by atoms with van der Waals surface area (Å²) in [5.41, 5.74) is -5.34. The molecule has 1 aliphatic carbocycles. The molecule has 1 saturated carbocycles. The van der Waals surface area contributed by atoms with Crippen LogP contribution in [0.5, 0.6) is 0 Å². The number of halogens is 10. The summed E-state index contributed by atoms with van der Waals surface area (Å²) in [5.74, 6) is -25.3. The topological polar surface area (TPSA) is 0 Å². The number of unbranched alkanes of at least 4 members (excludes halogenated alkanes) is 2. The zero-order chi connectivity index (χ0) is 18.5. The van der Waals surface area contributed by atoms with E-state index in [1.54, 1.807) is 6.92 Å². The van der Waals surface area contributed by atoms with Crippen LogP contribution in [0.25, 0.3) is 0 Å². The summed E-state index contributed by atoms with van der Waals surface area (Å²) >= 11 is 1.38.